The molecule has 0 atom stereocenters. The molecule has 1 heterocycles. The molecule has 5 nitrogen and oxygen atoms in total. The number of allylic oxidation sites excluding steroid dienone is 2. The molecule has 1 aromatic heterocycles. The van der Waals surface area contributed by atoms with Gasteiger partial charge >= 0.3 is 0 Å². The van der Waals surface area contributed by atoms with Gasteiger partial charge in [0.25, 0.3) is 0 Å². The number of hydrogen-bond acceptors (Lipinski definition) is 4. The molecule has 0 aliphatic carbocycles. The van der Waals surface area contributed by atoms with Crippen LogP contribution in [0, 0.1) is 0 Å². The quantitative estimate of drug-likeness (QED) is 0.515. The first kappa shape index (κ1) is 18.1. The molecule has 5 heteroatoms. The fourth-order valence-electron chi connectivity index (χ4n) is 2.42. The Morgan fingerprint density at radius 1 is 0.889 bits per heavy atom. The maximum absolute atomic E-state index is 11.9. The van der Waals surface area contributed by atoms with Gasteiger partial charge in [0.1, 0.15) is 5.75 Å². The SMILES string of the molecule is O=C(/C=C/c1ccc(O)cc1)CC(=O)/C=C/c1ccc(-n2ccnc2)cc1. The van der Waals surface area contributed by atoms with Crippen molar-refractivity contribution in [2.75, 3.05) is 0 Å². The van der Waals surface area contributed by atoms with E-state index in [-0.39, 0.29) is 23.7 Å². The second-order valence-electron chi connectivity index (χ2n) is 5.93. The molecule has 0 bridgehead atoms. The van der Waals surface area contributed by atoms with Gasteiger partial charge in [-0.2, -0.15) is 0 Å². The van der Waals surface area contributed by atoms with Gasteiger partial charge in [0, 0.05) is 18.1 Å². The summed E-state index contributed by atoms with van der Waals surface area (Å²) in [6, 6.07) is 14.1. The molecule has 0 radical (unpaired) electrons. The predicted octanol–water partition coefficient (Wildman–Crippen LogP) is 3.83. The van der Waals surface area contributed by atoms with E-state index in [1.807, 2.05) is 35.0 Å². The van der Waals surface area contributed by atoms with Crippen molar-refractivity contribution < 1.29 is 14.7 Å². The van der Waals surface area contributed by atoms with Crippen molar-refractivity contribution in [2.45, 2.75) is 6.42 Å². The van der Waals surface area contributed by atoms with E-state index in [1.54, 1.807) is 36.8 Å². The van der Waals surface area contributed by atoms with Crippen LogP contribution in [0.1, 0.15) is 17.5 Å². The van der Waals surface area contributed by atoms with Crippen molar-refractivity contribution in [2.24, 2.45) is 0 Å². The number of imidazole rings is 1. The van der Waals surface area contributed by atoms with Crippen molar-refractivity contribution in [1.82, 2.24) is 9.55 Å². The lowest BCUT2D eigenvalue weighted by molar-refractivity contribution is -0.121. The smallest absolute Gasteiger partial charge is 0.163 e. The van der Waals surface area contributed by atoms with Gasteiger partial charge in [-0.1, -0.05) is 36.4 Å². The summed E-state index contributed by atoms with van der Waals surface area (Å²) in [4.78, 5) is 27.8. The van der Waals surface area contributed by atoms with Crippen molar-refractivity contribution >= 4 is 23.7 Å². The van der Waals surface area contributed by atoms with Crippen LogP contribution in [0.2, 0.25) is 0 Å². The lowest BCUT2D eigenvalue weighted by Gasteiger charge is -2.01. The van der Waals surface area contributed by atoms with Gasteiger partial charge in [-0.05, 0) is 47.5 Å². The zero-order valence-electron chi connectivity index (χ0n) is 14.5. The van der Waals surface area contributed by atoms with E-state index in [0.29, 0.717) is 0 Å². The third-order valence-corrected chi connectivity index (χ3v) is 3.86. The Hall–Kier alpha value is -3.73. The van der Waals surface area contributed by atoms with E-state index >= 15 is 0 Å². The Morgan fingerprint density at radius 2 is 1.44 bits per heavy atom. The van der Waals surface area contributed by atoms with E-state index < -0.39 is 0 Å². The van der Waals surface area contributed by atoms with Gasteiger partial charge in [0.05, 0.1) is 12.7 Å². The summed E-state index contributed by atoms with van der Waals surface area (Å²) in [6.07, 6.45) is 11.2. The number of rotatable bonds is 7. The number of phenolic OH excluding ortho intramolecular Hbond substituents is 1. The van der Waals surface area contributed by atoms with Crippen LogP contribution < -0.4 is 0 Å². The van der Waals surface area contributed by atoms with Crippen LogP contribution in [0.4, 0.5) is 0 Å². The summed E-state index contributed by atoms with van der Waals surface area (Å²) >= 11 is 0. The molecule has 0 aliphatic heterocycles. The van der Waals surface area contributed by atoms with Crippen LogP contribution in [0.3, 0.4) is 0 Å². The Kier molecular flexibility index (Phi) is 5.74. The average molecular weight is 358 g/mol. The van der Waals surface area contributed by atoms with Crippen LogP contribution >= 0.6 is 0 Å². The largest absolute Gasteiger partial charge is 0.508 e. The van der Waals surface area contributed by atoms with Crippen molar-refractivity contribution in [3.05, 3.63) is 90.5 Å². The Balaban J connectivity index is 1.53. The minimum atomic E-state index is -0.270. The highest BCUT2D eigenvalue weighted by Crippen LogP contribution is 2.12. The van der Waals surface area contributed by atoms with Crippen LogP contribution in [0.15, 0.2) is 79.4 Å². The Morgan fingerprint density at radius 3 is 1.96 bits per heavy atom. The number of ketones is 2. The number of nitrogens with zero attached hydrogens (tertiary/aromatic N) is 2. The van der Waals surface area contributed by atoms with Crippen LogP contribution in [-0.2, 0) is 9.59 Å². The molecule has 0 spiro atoms. The summed E-state index contributed by atoms with van der Waals surface area (Å²) in [7, 11) is 0. The third kappa shape index (κ3) is 5.37. The summed E-state index contributed by atoms with van der Waals surface area (Å²) in [6.45, 7) is 0. The second-order valence-corrected chi connectivity index (χ2v) is 5.93. The maximum atomic E-state index is 11.9. The van der Waals surface area contributed by atoms with E-state index in [1.165, 1.54) is 24.3 Å². The first-order valence-electron chi connectivity index (χ1n) is 8.39. The monoisotopic (exact) mass is 358 g/mol. The van der Waals surface area contributed by atoms with Gasteiger partial charge < -0.3 is 9.67 Å². The van der Waals surface area contributed by atoms with E-state index in [9.17, 15) is 14.7 Å². The fraction of sp³-hybridized carbons (Fsp3) is 0.0455. The lowest BCUT2D eigenvalue weighted by atomic mass is 10.1. The second kappa shape index (κ2) is 8.58. The topological polar surface area (TPSA) is 72.2 Å². The van der Waals surface area contributed by atoms with Crippen LogP contribution in [0.25, 0.3) is 17.8 Å². The zero-order chi connectivity index (χ0) is 19.1. The maximum Gasteiger partial charge on any atom is 0.163 e. The number of carbonyl (C=O) groups excluding carboxylic acids is 2. The molecule has 134 valence electrons. The molecule has 0 fully saturated rings. The van der Waals surface area contributed by atoms with Crippen LogP contribution in [-0.4, -0.2) is 26.2 Å². The normalized spacial score (nSPS) is 11.3. The highest BCUT2D eigenvalue weighted by molar-refractivity contribution is 6.10. The van der Waals surface area contributed by atoms with E-state index in [4.69, 9.17) is 0 Å². The summed E-state index contributed by atoms with van der Waals surface area (Å²) in [5.74, 6) is -0.362. The van der Waals surface area contributed by atoms with Crippen LogP contribution in [0.5, 0.6) is 5.75 Å². The highest BCUT2D eigenvalue weighted by Gasteiger charge is 2.03. The number of carbonyl (C=O) groups is 2. The fourth-order valence-corrected chi connectivity index (χ4v) is 2.42. The molecule has 0 saturated heterocycles. The molecular weight excluding hydrogens is 340 g/mol. The number of hydrogen-bond donors (Lipinski definition) is 1. The number of phenols is 1. The van der Waals surface area contributed by atoms with Gasteiger partial charge in [-0.3, -0.25) is 9.59 Å². The van der Waals surface area contributed by atoms with Gasteiger partial charge in [-0.25, -0.2) is 4.98 Å². The number of benzene rings is 2. The average Bonchev–Trinajstić information content (AvgIpc) is 3.21. The van der Waals surface area contributed by atoms with Gasteiger partial charge in [0.15, 0.2) is 11.6 Å². The van der Waals surface area contributed by atoms with Crippen molar-refractivity contribution in [3.8, 4) is 11.4 Å². The standard InChI is InChI=1S/C22H18N2O3/c25-20-9-3-18(4-10-20)6-12-22(27)15-21(26)11-5-17-1-7-19(8-2-17)24-14-13-23-16-24/h1-14,16,25H,15H2/b11-5+,12-6+. The minimum Gasteiger partial charge on any atom is -0.508 e. The molecule has 0 unspecified atom stereocenters. The van der Waals surface area contributed by atoms with Crippen molar-refractivity contribution in [3.63, 3.8) is 0 Å². The Labute approximate surface area is 156 Å². The molecule has 2 aromatic carbocycles. The van der Waals surface area contributed by atoms with E-state index in [2.05, 4.69) is 4.98 Å². The zero-order valence-corrected chi connectivity index (χ0v) is 14.5. The first-order chi connectivity index (χ1) is 13.1. The summed E-state index contributed by atoms with van der Waals surface area (Å²) in [5.41, 5.74) is 2.63. The molecule has 0 amide bonds. The lowest BCUT2D eigenvalue weighted by Crippen LogP contribution is -2.01. The van der Waals surface area contributed by atoms with E-state index in [0.717, 1.165) is 16.8 Å². The Bertz CT molecular complexity index is 967. The molecule has 27 heavy (non-hydrogen) atoms. The summed E-state index contributed by atoms with van der Waals surface area (Å²) < 4.78 is 1.89. The van der Waals surface area contributed by atoms with Gasteiger partial charge in [-0.15, -0.1) is 0 Å². The number of aromatic nitrogens is 2. The highest BCUT2D eigenvalue weighted by atomic mass is 16.3. The van der Waals surface area contributed by atoms with Gasteiger partial charge in [0.2, 0.25) is 0 Å². The van der Waals surface area contributed by atoms with Crippen molar-refractivity contribution in [1.29, 1.82) is 0 Å². The number of aromatic hydroxyl groups is 1. The molecule has 0 aliphatic rings. The first-order valence-corrected chi connectivity index (χ1v) is 8.39. The molecule has 1 N–H and O–H groups in total. The predicted molar refractivity (Wildman–Crippen MR) is 104 cm³/mol. The molecule has 3 aromatic rings. The minimum absolute atomic E-state index is 0.164. The third-order valence-electron chi connectivity index (χ3n) is 3.86. The summed E-state index contributed by atoms with van der Waals surface area (Å²) in [5, 5.41) is 9.22. The molecular formula is C22H18N2O3. The molecule has 0 saturated carbocycles. The molecule has 3 rings (SSSR count).